The van der Waals surface area contributed by atoms with Gasteiger partial charge in [0.1, 0.15) is 5.75 Å². The minimum Gasteiger partial charge on any atom is -0.497 e. The first kappa shape index (κ1) is 12.8. The highest BCUT2D eigenvalue weighted by atomic mass is 32.2. The lowest BCUT2D eigenvalue weighted by Gasteiger charge is -2.03. The number of rotatable bonds is 5. The molecule has 18 heavy (non-hydrogen) atoms. The van der Waals surface area contributed by atoms with Gasteiger partial charge in [-0.1, -0.05) is 12.1 Å². The van der Waals surface area contributed by atoms with Crippen LogP contribution in [0, 0.1) is 0 Å². The fourth-order valence-corrected chi connectivity index (χ4v) is 1.98. The van der Waals surface area contributed by atoms with Crippen molar-refractivity contribution in [3.05, 3.63) is 24.0 Å². The first-order valence-corrected chi connectivity index (χ1v) is 6.74. The van der Waals surface area contributed by atoms with Crippen LogP contribution in [-0.4, -0.2) is 23.0 Å². The van der Waals surface area contributed by atoms with E-state index >= 15 is 0 Å². The number of hydrogen-bond acceptors (Lipinski definition) is 6. The van der Waals surface area contributed by atoms with Gasteiger partial charge in [-0.2, -0.15) is 16.7 Å². The number of nitrogens with two attached hydrogens (primary N) is 1. The van der Waals surface area contributed by atoms with Gasteiger partial charge in [-0.25, -0.2) is 0 Å². The summed E-state index contributed by atoms with van der Waals surface area (Å²) in [5.41, 5.74) is 7.22. The molecule has 0 aliphatic carbocycles. The summed E-state index contributed by atoms with van der Waals surface area (Å²) in [6.45, 7) is 2.09. The van der Waals surface area contributed by atoms with E-state index in [2.05, 4.69) is 17.1 Å². The molecule has 0 bridgehead atoms. The Kier molecular flexibility index (Phi) is 4.09. The number of thioether (sulfide) groups is 1. The summed E-state index contributed by atoms with van der Waals surface area (Å²) in [4.78, 5) is 4.31. The van der Waals surface area contributed by atoms with Gasteiger partial charge in [0.15, 0.2) is 5.82 Å². The standard InChI is InChI=1S/C12H15N3O2S/c1-3-18-7-11-14-12(17-15-11)9-5-4-8(16-2)6-10(9)13/h4-6H,3,7,13H2,1-2H3. The minimum absolute atomic E-state index is 0.446. The highest BCUT2D eigenvalue weighted by Gasteiger charge is 2.12. The summed E-state index contributed by atoms with van der Waals surface area (Å²) in [5, 5.41) is 3.92. The molecule has 0 saturated heterocycles. The molecule has 2 N–H and O–H groups in total. The molecular weight excluding hydrogens is 250 g/mol. The quantitative estimate of drug-likeness (QED) is 0.837. The SMILES string of the molecule is CCSCc1noc(-c2ccc(OC)cc2N)n1. The van der Waals surface area contributed by atoms with Crippen molar-refractivity contribution in [2.45, 2.75) is 12.7 Å². The molecule has 0 fully saturated rings. The monoisotopic (exact) mass is 265 g/mol. The first-order chi connectivity index (χ1) is 8.74. The average Bonchev–Trinajstić information content (AvgIpc) is 2.84. The molecule has 1 heterocycles. The normalized spacial score (nSPS) is 10.6. The van der Waals surface area contributed by atoms with E-state index in [1.807, 2.05) is 12.1 Å². The van der Waals surface area contributed by atoms with Crippen molar-refractivity contribution in [3.63, 3.8) is 0 Å². The Hall–Kier alpha value is -1.69. The Bertz CT molecular complexity index is 528. The predicted octanol–water partition coefficient (Wildman–Crippen LogP) is 2.58. The van der Waals surface area contributed by atoms with Gasteiger partial charge < -0.3 is 15.0 Å². The van der Waals surface area contributed by atoms with Gasteiger partial charge in [0.25, 0.3) is 5.89 Å². The third kappa shape index (κ3) is 2.76. The number of nitrogen functional groups attached to an aromatic ring is 1. The average molecular weight is 265 g/mol. The molecule has 0 radical (unpaired) electrons. The number of aromatic nitrogens is 2. The second-order valence-electron chi connectivity index (χ2n) is 3.61. The molecular formula is C12H15N3O2S. The van der Waals surface area contributed by atoms with E-state index in [4.69, 9.17) is 15.0 Å². The van der Waals surface area contributed by atoms with Crippen LogP contribution >= 0.6 is 11.8 Å². The maximum absolute atomic E-state index is 5.93. The Morgan fingerprint density at radius 2 is 2.28 bits per heavy atom. The van der Waals surface area contributed by atoms with Gasteiger partial charge in [0.2, 0.25) is 0 Å². The van der Waals surface area contributed by atoms with Crippen LogP contribution in [0.2, 0.25) is 0 Å². The molecule has 0 atom stereocenters. The molecule has 0 saturated carbocycles. The molecule has 2 aromatic rings. The van der Waals surface area contributed by atoms with E-state index < -0.39 is 0 Å². The van der Waals surface area contributed by atoms with Crippen molar-refractivity contribution in [1.82, 2.24) is 10.1 Å². The lowest BCUT2D eigenvalue weighted by Crippen LogP contribution is -1.92. The fraction of sp³-hybridized carbons (Fsp3) is 0.333. The van der Waals surface area contributed by atoms with Gasteiger partial charge in [0.05, 0.1) is 18.4 Å². The predicted molar refractivity (Wildman–Crippen MR) is 72.5 cm³/mol. The minimum atomic E-state index is 0.446. The van der Waals surface area contributed by atoms with E-state index in [0.29, 0.717) is 23.2 Å². The zero-order chi connectivity index (χ0) is 13.0. The lowest BCUT2D eigenvalue weighted by molar-refractivity contribution is 0.414. The summed E-state index contributed by atoms with van der Waals surface area (Å²) in [5.74, 6) is 3.61. The smallest absolute Gasteiger partial charge is 0.260 e. The van der Waals surface area contributed by atoms with Crippen molar-refractivity contribution >= 4 is 17.4 Å². The molecule has 0 unspecified atom stereocenters. The van der Waals surface area contributed by atoms with Gasteiger partial charge in [0, 0.05) is 11.8 Å². The zero-order valence-corrected chi connectivity index (χ0v) is 11.2. The lowest BCUT2D eigenvalue weighted by atomic mass is 10.1. The number of methoxy groups -OCH3 is 1. The summed E-state index contributed by atoms with van der Waals surface area (Å²) < 4.78 is 10.3. The second-order valence-corrected chi connectivity index (χ2v) is 4.88. The molecule has 0 spiro atoms. The maximum Gasteiger partial charge on any atom is 0.260 e. The molecule has 1 aromatic carbocycles. The van der Waals surface area contributed by atoms with Crippen molar-refractivity contribution < 1.29 is 9.26 Å². The third-order valence-corrected chi connectivity index (χ3v) is 3.26. The summed E-state index contributed by atoms with van der Waals surface area (Å²) >= 11 is 1.74. The van der Waals surface area contributed by atoms with Crippen LogP contribution < -0.4 is 10.5 Å². The third-order valence-electron chi connectivity index (χ3n) is 2.39. The molecule has 0 aliphatic heterocycles. The number of nitrogens with zero attached hydrogens (tertiary/aromatic N) is 2. The summed E-state index contributed by atoms with van der Waals surface area (Å²) in [6, 6.07) is 5.37. The number of hydrogen-bond donors (Lipinski definition) is 1. The molecule has 5 nitrogen and oxygen atoms in total. The molecule has 0 amide bonds. The van der Waals surface area contributed by atoms with Gasteiger partial charge in [-0.15, -0.1) is 0 Å². The van der Waals surface area contributed by atoms with Crippen molar-refractivity contribution in [2.75, 3.05) is 18.6 Å². The van der Waals surface area contributed by atoms with E-state index in [1.54, 1.807) is 24.9 Å². The van der Waals surface area contributed by atoms with Crippen LogP contribution in [-0.2, 0) is 5.75 Å². The summed E-state index contributed by atoms with van der Waals surface area (Å²) in [6.07, 6.45) is 0. The molecule has 6 heteroatoms. The van der Waals surface area contributed by atoms with Gasteiger partial charge >= 0.3 is 0 Å². The number of ether oxygens (including phenoxy) is 1. The maximum atomic E-state index is 5.93. The van der Waals surface area contributed by atoms with Crippen molar-refractivity contribution in [2.24, 2.45) is 0 Å². The van der Waals surface area contributed by atoms with Crippen LogP contribution in [0.3, 0.4) is 0 Å². The topological polar surface area (TPSA) is 74.2 Å². The zero-order valence-electron chi connectivity index (χ0n) is 10.3. The fourth-order valence-electron chi connectivity index (χ4n) is 1.48. The highest BCUT2D eigenvalue weighted by molar-refractivity contribution is 7.98. The Morgan fingerprint density at radius 1 is 1.44 bits per heavy atom. The van der Waals surface area contributed by atoms with E-state index in [0.717, 1.165) is 17.1 Å². The van der Waals surface area contributed by atoms with E-state index in [9.17, 15) is 0 Å². The van der Waals surface area contributed by atoms with Crippen LogP contribution in [0.25, 0.3) is 11.5 Å². The summed E-state index contributed by atoms with van der Waals surface area (Å²) in [7, 11) is 1.60. The van der Waals surface area contributed by atoms with Crippen LogP contribution in [0.5, 0.6) is 5.75 Å². The largest absolute Gasteiger partial charge is 0.497 e. The molecule has 96 valence electrons. The van der Waals surface area contributed by atoms with E-state index in [1.165, 1.54) is 0 Å². The van der Waals surface area contributed by atoms with Crippen LogP contribution in [0.15, 0.2) is 22.7 Å². The Balaban J connectivity index is 2.23. The molecule has 1 aromatic heterocycles. The Labute approximate surface area is 110 Å². The van der Waals surface area contributed by atoms with Crippen molar-refractivity contribution in [1.29, 1.82) is 0 Å². The highest BCUT2D eigenvalue weighted by Crippen LogP contribution is 2.28. The number of benzene rings is 1. The van der Waals surface area contributed by atoms with Crippen LogP contribution in [0.1, 0.15) is 12.7 Å². The van der Waals surface area contributed by atoms with Crippen molar-refractivity contribution in [3.8, 4) is 17.2 Å². The van der Waals surface area contributed by atoms with Gasteiger partial charge in [-0.05, 0) is 17.9 Å². The molecule has 0 aliphatic rings. The molecule has 2 rings (SSSR count). The number of anilines is 1. The Morgan fingerprint density at radius 3 is 2.94 bits per heavy atom. The van der Waals surface area contributed by atoms with Crippen LogP contribution in [0.4, 0.5) is 5.69 Å². The second kappa shape index (κ2) is 5.77. The first-order valence-electron chi connectivity index (χ1n) is 5.58. The van der Waals surface area contributed by atoms with Gasteiger partial charge in [-0.3, -0.25) is 0 Å². The van der Waals surface area contributed by atoms with E-state index in [-0.39, 0.29) is 0 Å².